The van der Waals surface area contributed by atoms with E-state index in [2.05, 4.69) is 5.32 Å². The summed E-state index contributed by atoms with van der Waals surface area (Å²) >= 11 is 12.3. The van der Waals surface area contributed by atoms with Crippen LogP contribution in [0.15, 0.2) is 83.8 Å². The summed E-state index contributed by atoms with van der Waals surface area (Å²) in [5, 5.41) is 3.28. The topological polar surface area (TPSA) is 86.8 Å². The van der Waals surface area contributed by atoms with E-state index in [1.807, 2.05) is 37.3 Å². The molecule has 2 amide bonds. The molecule has 0 aliphatic carbocycles. The molecular weight excluding hydrogens is 557 g/mol. The Morgan fingerprint density at radius 2 is 1.56 bits per heavy atom. The Morgan fingerprint density at radius 3 is 2.18 bits per heavy atom. The van der Waals surface area contributed by atoms with E-state index in [4.69, 9.17) is 23.2 Å². The monoisotopic (exact) mass is 589 g/mol. The SMILES string of the molecule is CCCCNC(=O)[C@@H](C)N(CCc1ccccc1)C(=O)CN(c1ccc(Cl)c(Cl)c1)S(=O)(=O)c1ccccc1. The van der Waals surface area contributed by atoms with Crippen molar-refractivity contribution in [3.8, 4) is 0 Å². The maximum atomic E-state index is 13.8. The molecule has 3 aromatic rings. The number of sulfonamides is 1. The number of benzene rings is 3. The highest BCUT2D eigenvalue weighted by molar-refractivity contribution is 7.92. The Morgan fingerprint density at radius 1 is 0.923 bits per heavy atom. The van der Waals surface area contributed by atoms with Crippen LogP contribution in [0.5, 0.6) is 0 Å². The molecule has 7 nitrogen and oxygen atoms in total. The summed E-state index contributed by atoms with van der Waals surface area (Å²) < 4.78 is 28.5. The molecule has 10 heteroatoms. The van der Waals surface area contributed by atoms with Crippen LogP contribution in [0.25, 0.3) is 0 Å². The van der Waals surface area contributed by atoms with E-state index in [-0.39, 0.29) is 33.1 Å². The van der Waals surface area contributed by atoms with Gasteiger partial charge in [0.05, 0.1) is 20.6 Å². The Labute approximate surface area is 240 Å². The second-order valence-electron chi connectivity index (χ2n) is 9.07. The molecule has 0 heterocycles. The van der Waals surface area contributed by atoms with Crippen LogP contribution in [0.1, 0.15) is 32.3 Å². The molecule has 0 saturated heterocycles. The number of nitrogens with one attached hydrogen (secondary N) is 1. The Balaban J connectivity index is 1.96. The maximum absolute atomic E-state index is 13.8. The maximum Gasteiger partial charge on any atom is 0.264 e. The van der Waals surface area contributed by atoms with Crippen LogP contribution in [0, 0.1) is 0 Å². The fourth-order valence-electron chi connectivity index (χ4n) is 3.99. The first-order chi connectivity index (χ1) is 18.6. The minimum Gasteiger partial charge on any atom is -0.354 e. The lowest BCUT2D eigenvalue weighted by atomic mass is 10.1. The molecule has 0 bridgehead atoms. The third-order valence-corrected chi connectivity index (χ3v) is 8.81. The highest BCUT2D eigenvalue weighted by atomic mass is 35.5. The summed E-state index contributed by atoms with van der Waals surface area (Å²) in [6.45, 7) is 3.87. The van der Waals surface area contributed by atoms with E-state index in [1.165, 1.54) is 35.2 Å². The van der Waals surface area contributed by atoms with Gasteiger partial charge in [-0.2, -0.15) is 0 Å². The van der Waals surface area contributed by atoms with Crippen molar-refractivity contribution in [1.82, 2.24) is 10.2 Å². The number of rotatable bonds is 13. The molecular formula is C29H33Cl2N3O4S. The summed E-state index contributed by atoms with van der Waals surface area (Å²) in [7, 11) is -4.16. The number of hydrogen-bond donors (Lipinski definition) is 1. The third-order valence-electron chi connectivity index (χ3n) is 6.28. The molecule has 1 atom stereocenters. The van der Waals surface area contributed by atoms with Gasteiger partial charge in [-0.15, -0.1) is 0 Å². The number of anilines is 1. The highest BCUT2D eigenvalue weighted by Gasteiger charge is 2.32. The number of nitrogens with zero attached hydrogens (tertiary/aromatic N) is 2. The Hall–Kier alpha value is -3.07. The minimum atomic E-state index is -4.16. The molecule has 0 aromatic heterocycles. The predicted molar refractivity (Wildman–Crippen MR) is 157 cm³/mol. The van der Waals surface area contributed by atoms with Crippen LogP contribution in [-0.4, -0.2) is 50.8 Å². The molecule has 0 saturated carbocycles. The van der Waals surface area contributed by atoms with Crippen molar-refractivity contribution in [3.63, 3.8) is 0 Å². The standard InChI is InChI=1S/C29H33Cl2N3O4S/c1-3-4-18-32-29(36)22(2)33(19-17-23-11-7-5-8-12-23)28(35)21-34(24-15-16-26(30)27(31)20-24)39(37,38)25-13-9-6-10-14-25/h5-16,20,22H,3-4,17-19,21H2,1-2H3,(H,32,36)/t22-/m1/s1. The summed E-state index contributed by atoms with van der Waals surface area (Å²) in [5.41, 5.74) is 1.18. The molecule has 3 aromatic carbocycles. The van der Waals surface area contributed by atoms with Gasteiger partial charge in [0.2, 0.25) is 11.8 Å². The molecule has 3 rings (SSSR count). The van der Waals surface area contributed by atoms with Gasteiger partial charge in [-0.25, -0.2) is 8.42 Å². The average Bonchev–Trinajstić information content (AvgIpc) is 2.94. The van der Waals surface area contributed by atoms with E-state index in [1.54, 1.807) is 25.1 Å². The number of carbonyl (C=O) groups is 2. The van der Waals surface area contributed by atoms with E-state index in [0.717, 1.165) is 22.7 Å². The van der Waals surface area contributed by atoms with Crippen LogP contribution >= 0.6 is 23.2 Å². The smallest absolute Gasteiger partial charge is 0.264 e. The average molecular weight is 591 g/mol. The van der Waals surface area contributed by atoms with E-state index in [0.29, 0.717) is 13.0 Å². The largest absolute Gasteiger partial charge is 0.354 e. The van der Waals surface area contributed by atoms with Gasteiger partial charge < -0.3 is 10.2 Å². The first-order valence-corrected chi connectivity index (χ1v) is 15.0. The zero-order valence-corrected chi connectivity index (χ0v) is 24.3. The van der Waals surface area contributed by atoms with E-state index in [9.17, 15) is 18.0 Å². The van der Waals surface area contributed by atoms with Gasteiger partial charge in [-0.3, -0.25) is 13.9 Å². The molecule has 0 unspecified atom stereocenters. The van der Waals surface area contributed by atoms with Crippen molar-refractivity contribution in [2.75, 3.05) is 23.9 Å². The predicted octanol–water partition coefficient (Wildman–Crippen LogP) is 5.56. The molecule has 0 radical (unpaired) electrons. The van der Waals surface area contributed by atoms with Crippen molar-refractivity contribution in [3.05, 3.63) is 94.5 Å². The van der Waals surface area contributed by atoms with Crippen LogP contribution in [0.2, 0.25) is 10.0 Å². The summed E-state index contributed by atoms with van der Waals surface area (Å²) in [6, 6.07) is 21.0. The molecule has 0 aliphatic heterocycles. The van der Waals surface area contributed by atoms with Crippen LogP contribution in [0.3, 0.4) is 0 Å². The van der Waals surface area contributed by atoms with Gasteiger partial charge in [-0.05, 0) is 55.7 Å². The lowest BCUT2D eigenvalue weighted by Crippen LogP contribution is -2.52. The molecule has 1 N–H and O–H groups in total. The molecule has 39 heavy (non-hydrogen) atoms. The third kappa shape index (κ3) is 8.21. The van der Waals surface area contributed by atoms with Gasteiger partial charge in [0.15, 0.2) is 0 Å². The first kappa shape index (κ1) is 30.5. The van der Waals surface area contributed by atoms with Crippen molar-refractivity contribution in [2.24, 2.45) is 0 Å². The summed E-state index contributed by atoms with van der Waals surface area (Å²) in [6.07, 6.45) is 2.23. The van der Waals surface area contributed by atoms with E-state index < -0.39 is 28.5 Å². The minimum absolute atomic E-state index is 0.0186. The van der Waals surface area contributed by atoms with Crippen LogP contribution in [0.4, 0.5) is 5.69 Å². The quantitative estimate of drug-likeness (QED) is 0.264. The van der Waals surface area contributed by atoms with Crippen molar-refractivity contribution < 1.29 is 18.0 Å². The summed E-state index contributed by atoms with van der Waals surface area (Å²) in [4.78, 5) is 28.2. The number of amides is 2. The zero-order chi connectivity index (χ0) is 28.4. The lowest BCUT2D eigenvalue weighted by Gasteiger charge is -2.32. The van der Waals surface area contributed by atoms with Gasteiger partial charge in [0.25, 0.3) is 10.0 Å². The number of carbonyl (C=O) groups excluding carboxylic acids is 2. The van der Waals surface area contributed by atoms with Crippen molar-refractivity contribution >= 4 is 50.7 Å². The summed E-state index contributed by atoms with van der Waals surface area (Å²) in [5.74, 6) is -0.813. The lowest BCUT2D eigenvalue weighted by molar-refractivity contribution is -0.138. The second kappa shape index (κ2) is 14.4. The van der Waals surface area contributed by atoms with Gasteiger partial charge in [0, 0.05) is 13.1 Å². The Bertz CT molecular complexity index is 1360. The molecule has 0 fully saturated rings. The van der Waals surface area contributed by atoms with Crippen LogP contribution < -0.4 is 9.62 Å². The van der Waals surface area contributed by atoms with Gasteiger partial charge in [-0.1, -0.05) is 85.1 Å². The van der Waals surface area contributed by atoms with Crippen molar-refractivity contribution in [1.29, 1.82) is 0 Å². The molecule has 0 spiro atoms. The highest BCUT2D eigenvalue weighted by Crippen LogP contribution is 2.30. The fraction of sp³-hybridized carbons (Fsp3) is 0.310. The van der Waals surface area contributed by atoms with Crippen LogP contribution in [-0.2, 0) is 26.0 Å². The van der Waals surface area contributed by atoms with Crippen molar-refractivity contribution in [2.45, 2.75) is 44.0 Å². The Kier molecular flexibility index (Phi) is 11.2. The van der Waals surface area contributed by atoms with Gasteiger partial charge >= 0.3 is 0 Å². The first-order valence-electron chi connectivity index (χ1n) is 12.8. The zero-order valence-electron chi connectivity index (χ0n) is 22.0. The second-order valence-corrected chi connectivity index (χ2v) is 11.7. The number of halogens is 2. The normalized spacial score (nSPS) is 12.0. The molecule has 208 valence electrons. The van der Waals surface area contributed by atoms with Gasteiger partial charge in [0.1, 0.15) is 12.6 Å². The number of unbranched alkanes of at least 4 members (excludes halogenated alkanes) is 1. The molecule has 0 aliphatic rings. The number of hydrogen-bond acceptors (Lipinski definition) is 4. The fourth-order valence-corrected chi connectivity index (χ4v) is 5.71. The van der Waals surface area contributed by atoms with E-state index >= 15 is 0 Å².